The maximum absolute atomic E-state index is 11.5. The molecule has 1 amide bonds. The molecule has 0 aliphatic heterocycles. The Kier molecular flexibility index (Phi) is 4.59. The van der Waals surface area contributed by atoms with Crippen molar-refractivity contribution in [2.45, 2.75) is 51.5 Å². The second-order valence-corrected chi connectivity index (χ2v) is 4.25. The van der Waals surface area contributed by atoms with Gasteiger partial charge in [0, 0.05) is 6.42 Å². The third kappa shape index (κ3) is 3.90. The van der Waals surface area contributed by atoms with Crippen molar-refractivity contribution in [1.29, 1.82) is 0 Å². The zero-order valence-corrected chi connectivity index (χ0v) is 9.16. The SMILES string of the molecule is CCC[C@H](NC(=O)CC1CCC1)C(=O)O. The van der Waals surface area contributed by atoms with Gasteiger partial charge in [-0.2, -0.15) is 0 Å². The number of rotatable bonds is 6. The van der Waals surface area contributed by atoms with E-state index in [-0.39, 0.29) is 5.91 Å². The Bertz CT molecular complexity index is 236. The summed E-state index contributed by atoms with van der Waals surface area (Å²) in [6.45, 7) is 1.91. The summed E-state index contributed by atoms with van der Waals surface area (Å²) < 4.78 is 0. The van der Waals surface area contributed by atoms with Crippen LogP contribution >= 0.6 is 0 Å². The molecule has 0 aromatic rings. The van der Waals surface area contributed by atoms with Crippen molar-refractivity contribution < 1.29 is 14.7 Å². The zero-order chi connectivity index (χ0) is 11.3. The lowest BCUT2D eigenvalue weighted by Gasteiger charge is -2.25. The second kappa shape index (κ2) is 5.73. The highest BCUT2D eigenvalue weighted by atomic mass is 16.4. The van der Waals surface area contributed by atoms with Gasteiger partial charge in [0.15, 0.2) is 0 Å². The van der Waals surface area contributed by atoms with Gasteiger partial charge in [0.05, 0.1) is 0 Å². The van der Waals surface area contributed by atoms with Gasteiger partial charge in [-0.1, -0.05) is 19.8 Å². The minimum absolute atomic E-state index is 0.111. The molecule has 0 radical (unpaired) electrons. The van der Waals surface area contributed by atoms with Crippen LogP contribution in [0.1, 0.15) is 45.4 Å². The first kappa shape index (κ1) is 12.0. The van der Waals surface area contributed by atoms with Gasteiger partial charge in [-0.25, -0.2) is 4.79 Å². The largest absolute Gasteiger partial charge is 0.480 e. The fourth-order valence-electron chi connectivity index (χ4n) is 1.76. The second-order valence-electron chi connectivity index (χ2n) is 4.25. The standard InChI is InChI=1S/C11H19NO3/c1-2-4-9(11(14)15)12-10(13)7-8-5-3-6-8/h8-9H,2-7H2,1H3,(H,12,13)(H,14,15)/t9-/m0/s1. The first-order valence-corrected chi connectivity index (χ1v) is 5.65. The lowest BCUT2D eigenvalue weighted by Crippen LogP contribution is -2.41. The third-order valence-corrected chi connectivity index (χ3v) is 2.91. The first-order chi connectivity index (χ1) is 7.13. The van der Waals surface area contributed by atoms with Crippen LogP contribution in [0.2, 0.25) is 0 Å². The summed E-state index contributed by atoms with van der Waals surface area (Å²) in [5.41, 5.74) is 0. The Hall–Kier alpha value is -1.06. The molecular weight excluding hydrogens is 194 g/mol. The highest BCUT2D eigenvalue weighted by molar-refractivity contribution is 5.83. The number of hydrogen-bond acceptors (Lipinski definition) is 2. The topological polar surface area (TPSA) is 66.4 Å². The Morgan fingerprint density at radius 1 is 1.47 bits per heavy atom. The molecule has 0 unspecified atom stereocenters. The Balaban J connectivity index is 2.28. The molecular formula is C11H19NO3. The van der Waals surface area contributed by atoms with Crippen molar-refractivity contribution in [2.75, 3.05) is 0 Å². The van der Waals surface area contributed by atoms with Crippen LogP contribution in [0, 0.1) is 5.92 Å². The van der Waals surface area contributed by atoms with E-state index in [9.17, 15) is 9.59 Å². The predicted molar refractivity (Wildman–Crippen MR) is 56.4 cm³/mol. The molecule has 4 nitrogen and oxygen atoms in total. The Morgan fingerprint density at radius 3 is 2.53 bits per heavy atom. The average Bonchev–Trinajstić information content (AvgIpc) is 2.10. The van der Waals surface area contributed by atoms with Crippen molar-refractivity contribution in [1.82, 2.24) is 5.32 Å². The van der Waals surface area contributed by atoms with E-state index in [1.165, 1.54) is 6.42 Å². The maximum Gasteiger partial charge on any atom is 0.326 e. The van der Waals surface area contributed by atoms with Crippen LogP contribution in [-0.4, -0.2) is 23.0 Å². The number of amides is 1. The fourth-order valence-corrected chi connectivity index (χ4v) is 1.76. The molecule has 0 heterocycles. The number of carboxylic acid groups (broad SMARTS) is 1. The molecule has 2 N–H and O–H groups in total. The number of aliphatic carboxylic acids is 1. The number of nitrogens with one attached hydrogen (secondary N) is 1. The van der Waals surface area contributed by atoms with E-state index in [0.29, 0.717) is 18.8 Å². The average molecular weight is 213 g/mol. The minimum atomic E-state index is -0.932. The maximum atomic E-state index is 11.5. The van der Waals surface area contributed by atoms with Crippen LogP contribution in [0.4, 0.5) is 0 Å². The summed E-state index contributed by atoms with van der Waals surface area (Å²) in [5, 5.41) is 11.4. The summed E-state index contributed by atoms with van der Waals surface area (Å²) in [5.74, 6) is -0.555. The quantitative estimate of drug-likeness (QED) is 0.703. The van der Waals surface area contributed by atoms with Gasteiger partial charge in [-0.3, -0.25) is 4.79 Å². The monoisotopic (exact) mass is 213 g/mol. The summed E-state index contributed by atoms with van der Waals surface area (Å²) in [6, 6.07) is -0.706. The number of carbonyl (C=O) groups excluding carboxylic acids is 1. The van der Waals surface area contributed by atoms with Crippen molar-refractivity contribution in [3.05, 3.63) is 0 Å². The molecule has 0 bridgehead atoms. The normalized spacial score (nSPS) is 17.9. The van der Waals surface area contributed by atoms with Crippen LogP contribution in [0.3, 0.4) is 0 Å². The van der Waals surface area contributed by atoms with Crippen LogP contribution in [0.25, 0.3) is 0 Å². The van der Waals surface area contributed by atoms with E-state index in [4.69, 9.17) is 5.11 Å². The van der Waals surface area contributed by atoms with Crippen molar-refractivity contribution in [3.63, 3.8) is 0 Å². The zero-order valence-electron chi connectivity index (χ0n) is 9.16. The van der Waals surface area contributed by atoms with Gasteiger partial charge >= 0.3 is 5.97 Å². The lowest BCUT2D eigenvalue weighted by molar-refractivity contribution is -0.142. The van der Waals surface area contributed by atoms with Gasteiger partial charge in [-0.15, -0.1) is 0 Å². The fraction of sp³-hybridized carbons (Fsp3) is 0.818. The van der Waals surface area contributed by atoms with Crippen LogP contribution in [0.15, 0.2) is 0 Å². The molecule has 1 aliphatic carbocycles. The molecule has 0 aromatic carbocycles. The van der Waals surface area contributed by atoms with Gasteiger partial charge in [0.2, 0.25) is 5.91 Å². The number of hydrogen-bond donors (Lipinski definition) is 2. The first-order valence-electron chi connectivity index (χ1n) is 5.65. The van der Waals surface area contributed by atoms with Crippen LogP contribution < -0.4 is 5.32 Å². The molecule has 1 fully saturated rings. The van der Waals surface area contributed by atoms with E-state index in [0.717, 1.165) is 19.3 Å². The van der Waals surface area contributed by atoms with E-state index in [2.05, 4.69) is 5.32 Å². The van der Waals surface area contributed by atoms with Crippen molar-refractivity contribution in [3.8, 4) is 0 Å². The smallest absolute Gasteiger partial charge is 0.326 e. The van der Waals surface area contributed by atoms with E-state index < -0.39 is 12.0 Å². The third-order valence-electron chi connectivity index (χ3n) is 2.91. The summed E-state index contributed by atoms with van der Waals surface area (Å²) in [6.07, 6.45) is 5.19. The number of carbonyl (C=O) groups is 2. The molecule has 86 valence electrons. The highest BCUT2D eigenvalue weighted by Gasteiger charge is 2.24. The Labute approximate surface area is 90.0 Å². The molecule has 0 spiro atoms. The highest BCUT2D eigenvalue weighted by Crippen LogP contribution is 2.29. The lowest BCUT2D eigenvalue weighted by atomic mass is 9.83. The molecule has 0 saturated heterocycles. The minimum Gasteiger partial charge on any atom is -0.480 e. The van der Waals surface area contributed by atoms with Crippen molar-refractivity contribution in [2.24, 2.45) is 5.92 Å². The summed E-state index contributed by atoms with van der Waals surface area (Å²) >= 11 is 0. The molecule has 1 aliphatic rings. The molecule has 4 heteroatoms. The van der Waals surface area contributed by atoms with Crippen LogP contribution in [-0.2, 0) is 9.59 Å². The van der Waals surface area contributed by atoms with Crippen LogP contribution in [0.5, 0.6) is 0 Å². The number of carboxylic acids is 1. The van der Waals surface area contributed by atoms with Crippen molar-refractivity contribution >= 4 is 11.9 Å². The van der Waals surface area contributed by atoms with Gasteiger partial charge < -0.3 is 10.4 Å². The van der Waals surface area contributed by atoms with E-state index >= 15 is 0 Å². The van der Waals surface area contributed by atoms with Gasteiger partial charge in [-0.05, 0) is 25.2 Å². The van der Waals surface area contributed by atoms with E-state index in [1.807, 2.05) is 6.92 Å². The summed E-state index contributed by atoms with van der Waals surface area (Å²) in [7, 11) is 0. The van der Waals surface area contributed by atoms with E-state index in [1.54, 1.807) is 0 Å². The van der Waals surface area contributed by atoms with Gasteiger partial charge in [0.1, 0.15) is 6.04 Å². The molecule has 1 atom stereocenters. The Morgan fingerprint density at radius 2 is 2.13 bits per heavy atom. The molecule has 15 heavy (non-hydrogen) atoms. The van der Waals surface area contributed by atoms with Gasteiger partial charge in [0.25, 0.3) is 0 Å². The molecule has 0 aromatic heterocycles. The molecule has 1 saturated carbocycles. The molecule has 1 rings (SSSR count). The predicted octanol–water partition coefficient (Wildman–Crippen LogP) is 1.55. The summed E-state index contributed by atoms with van der Waals surface area (Å²) in [4.78, 5) is 22.2.